The summed E-state index contributed by atoms with van der Waals surface area (Å²) in [6.45, 7) is 0.787. The predicted octanol–water partition coefficient (Wildman–Crippen LogP) is 2.25. The maximum absolute atomic E-state index is 5.68. The van der Waals surface area contributed by atoms with E-state index in [1.807, 2.05) is 12.1 Å². The molecular weight excluding hydrogens is 204 g/mol. The molecule has 16 heavy (non-hydrogen) atoms. The van der Waals surface area contributed by atoms with Crippen LogP contribution in [0, 0.1) is 0 Å². The zero-order valence-electron chi connectivity index (χ0n) is 8.77. The molecule has 0 amide bonds. The minimum atomic E-state index is 0.343. The van der Waals surface area contributed by atoms with E-state index >= 15 is 0 Å². The van der Waals surface area contributed by atoms with Gasteiger partial charge in [0.05, 0.1) is 18.4 Å². The number of aromatic nitrogens is 1. The summed E-state index contributed by atoms with van der Waals surface area (Å²) in [5.41, 5.74) is 8.74. The second-order valence-corrected chi connectivity index (χ2v) is 3.88. The summed E-state index contributed by atoms with van der Waals surface area (Å²) in [5, 5.41) is 3.67. The molecule has 0 aliphatic carbocycles. The van der Waals surface area contributed by atoms with Gasteiger partial charge in [0.2, 0.25) is 5.88 Å². The fourth-order valence-corrected chi connectivity index (χ4v) is 1.97. The minimum Gasteiger partial charge on any atom is -0.493 e. The van der Waals surface area contributed by atoms with Crippen LogP contribution >= 0.6 is 0 Å². The third-order valence-corrected chi connectivity index (χ3v) is 2.82. The van der Waals surface area contributed by atoms with Gasteiger partial charge in [0.1, 0.15) is 5.75 Å². The van der Waals surface area contributed by atoms with Gasteiger partial charge in [-0.15, -0.1) is 0 Å². The first kappa shape index (κ1) is 9.27. The molecule has 0 saturated carbocycles. The summed E-state index contributed by atoms with van der Waals surface area (Å²) in [5.74, 6) is 1.29. The van der Waals surface area contributed by atoms with Crippen LogP contribution in [0.15, 0.2) is 28.9 Å². The molecule has 2 heterocycles. The number of nitrogen functional groups attached to an aromatic ring is 1. The van der Waals surface area contributed by atoms with E-state index in [1.165, 1.54) is 5.56 Å². The molecule has 4 heteroatoms. The highest BCUT2D eigenvalue weighted by Crippen LogP contribution is 2.32. The largest absolute Gasteiger partial charge is 0.493 e. The number of hydrogen-bond donors (Lipinski definition) is 1. The van der Waals surface area contributed by atoms with Crippen LogP contribution in [-0.2, 0) is 6.42 Å². The van der Waals surface area contributed by atoms with Crippen molar-refractivity contribution in [2.24, 2.45) is 0 Å². The molecule has 4 nitrogen and oxygen atoms in total. The zero-order valence-corrected chi connectivity index (χ0v) is 8.77. The minimum absolute atomic E-state index is 0.343. The van der Waals surface area contributed by atoms with Gasteiger partial charge in [-0.25, -0.2) is 0 Å². The van der Waals surface area contributed by atoms with E-state index in [2.05, 4.69) is 11.2 Å². The van der Waals surface area contributed by atoms with E-state index in [0.717, 1.165) is 36.3 Å². The molecule has 82 valence electrons. The van der Waals surface area contributed by atoms with Gasteiger partial charge in [0.15, 0.2) is 0 Å². The lowest BCUT2D eigenvalue weighted by Gasteiger charge is -2.17. The first-order chi connectivity index (χ1) is 7.84. The highest BCUT2D eigenvalue weighted by atomic mass is 16.5. The monoisotopic (exact) mass is 216 g/mol. The number of nitrogens with two attached hydrogens (primary N) is 1. The van der Waals surface area contributed by atoms with E-state index in [1.54, 1.807) is 6.20 Å². The van der Waals surface area contributed by atoms with Crippen LogP contribution in [-0.4, -0.2) is 11.8 Å². The third kappa shape index (κ3) is 1.43. The Labute approximate surface area is 93.0 Å². The molecule has 2 N–H and O–H groups in total. The second-order valence-electron chi connectivity index (χ2n) is 3.88. The summed E-state index contributed by atoms with van der Waals surface area (Å²) in [6.07, 6.45) is 3.79. The normalized spacial score (nSPS) is 14.2. The Balaban J connectivity index is 2.06. The molecule has 0 fully saturated rings. The van der Waals surface area contributed by atoms with Crippen molar-refractivity contribution in [3.05, 3.63) is 30.0 Å². The standard InChI is InChI=1S/C12H12N2O2/c13-12-10(7-14-16-12)9-4-3-8-2-1-5-15-11(8)6-9/h3-4,6-7H,1-2,5,13H2. The molecule has 1 aromatic carbocycles. The van der Waals surface area contributed by atoms with Gasteiger partial charge < -0.3 is 15.0 Å². The van der Waals surface area contributed by atoms with Crippen molar-refractivity contribution in [1.82, 2.24) is 5.16 Å². The van der Waals surface area contributed by atoms with Gasteiger partial charge in [-0.1, -0.05) is 17.3 Å². The number of fused-ring (bicyclic) bond motifs is 1. The lowest BCUT2D eigenvalue weighted by molar-refractivity contribution is 0.288. The van der Waals surface area contributed by atoms with E-state index in [-0.39, 0.29) is 0 Å². The quantitative estimate of drug-likeness (QED) is 0.794. The number of anilines is 1. The maximum atomic E-state index is 5.68. The average Bonchev–Trinajstić information content (AvgIpc) is 2.75. The van der Waals surface area contributed by atoms with Crippen molar-refractivity contribution in [1.29, 1.82) is 0 Å². The van der Waals surface area contributed by atoms with Crippen LogP contribution in [0.3, 0.4) is 0 Å². The number of benzene rings is 1. The summed E-state index contributed by atoms with van der Waals surface area (Å²) < 4.78 is 10.5. The highest BCUT2D eigenvalue weighted by molar-refractivity contribution is 5.73. The molecule has 0 saturated heterocycles. The Morgan fingerprint density at radius 2 is 2.25 bits per heavy atom. The second kappa shape index (κ2) is 3.56. The van der Waals surface area contributed by atoms with Gasteiger partial charge in [0, 0.05) is 0 Å². The lowest BCUT2D eigenvalue weighted by Crippen LogP contribution is -2.08. The number of aryl methyl sites for hydroxylation is 1. The number of hydrogen-bond acceptors (Lipinski definition) is 4. The van der Waals surface area contributed by atoms with Crippen molar-refractivity contribution >= 4 is 5.88 Å². The van der Waals surface area contributed by atoms with Crippen molar-refractivity contribution in [3.63, 3.8) is 0 Å². The molecule has 0 unspecified atom stereocenters. The van der Waals surface area contributed by atoms with Crippen LogP contribution in [0.2, 0.25) is 0 Å². The Morgan fingerprint density at radius 3 is 3.06 bits per heavy atom. The topological polar surface area (TPSA) is 61.3 Å². The van der Waals surface area contributed by atoms with Gasteiger partial charge in [-0.05, 0) is 30.0 Å². The van der Waals surface area contributed by atoms with E-state index in [0.29, 0.717) is 5.88 Å². The summed E-state index contributed by atoms with van der Waals surface area (Å²) >= 11 is 0. The molecule has 3 rings (SSSR count). The molecular formula is C12H12N2O2. The molecule has 0 spiro atoms. The maximum Gasteiger partial charge on any atom is 0.229 e. The zero-order chi connectivity index (χ0) is 11.0. The van der Waals surface area contributed by atoms with E-state index < -0.39 is 0 Å². The summed E-state index contributed by atoms with van der Waals surface area (Å²) in [6, 6.07) is 6.10. The van der Waals surface area contributed by atoms with Crippen molar-refractivity contribution in [2.75, 3.05) is 12.3 Å². The molecule has 0 radical (unpaired) electrons. The third-order valence-electron chi connectivity index (χ3n) is 2.82. The van der Waals surface area contributed by atoms with Crippen LogP contribution < -0.4 is 10.5 Å². The molecule has 0 atom stereocenters. The van der Waals surface area contributed by atoms with Crippen LogP contribution in [0.4, 0.5) is 5.88 Å². The molecule has 1 aliphatic rings. The van der Waals surface area contributed by atoms with Gasteiger partial charge in [0.25, 0.3) is 0 Å². The number of ether oxygens (including phenoxy) is 1. The first-order valence-electron chi connectivity index (χ1n) is 5.31. The van der Waals surface area contributed by atoms with E-state index in [4.69, 9.17) is 15.0 Å². The highest BCUT2D eigenvalue weighted by Gasteiger charge is 2.13. The molecule has 0 bridgehead atoms. The SMILES string of the molecule is Nc1oncc1-c1ccc2c(c1)OCCC2. The van der Waals surface area contributed by atoms with Crippen LogP contribution in [0.1, 0.15) is 12.0 Å². The summed E-state index contributed by atoms with van der Waals surface area (Å²) in [4.78, 5) is 0. The Morgan fingerprint density at radius 1 is 1.31 bits per heavy atom. The molecule has 2 aromatic rings. The van der Waals surface area contributed by atoms with Gasteiger partial charge in [-0.2, -0.15) is 0 Å². The van der Waals surface area contributed by atoms with Crippen LogP contribution in [0.25, 0.3) is 11.1 Å². The molecule has 1 aliphatic heterocycles. The van der Waals surface area contributed by atoms with Crippen molar-refractivity contribution in [3.8, 4) is 16.9 Å². The number of rotatable bonds is 1. The Bertz CT molecular complexity index is 519. The first-order valence-corrected chi connectivity index (χ1v) is 5.31. The van der Waals surface area contributed by atoms with Crippen LogP contribution in [0.5, 0.6) is 5.75 Å². The van der Waals surface area contributed by atoms with Gasteiger partial charge >= 0.3 is 0 Å². The smallest absolute Gasteiger partial charge is 0.229 e. The Kier molecular flexibility index (Phi) is 2.06. The fourth-order valence-electron chi connectivity index (χ4n) is 1.97. The van der Waals surface area contributed by atoms with Crippen molar-refractivity contribution < 1.29 is 9.26 Å². The Hall–Kier alpha value is -1.97. The lowest BCUT2D eigenvalue weighted by atomic mass is 10.0. The summed E-state index contributed by atoms with van der Waals surface area (Å²) in [7, 11) is 0. The van der Waals surface area contributed by atoms with E-state index in [9.17, 15) is 0 Å². The predicted molar refractivity (Wildman–Crippen MR) is 60.2 cm³/mol. The fraction of sp³-hybridized carbons (Fsp3) is 0.250. The van der Waals surface area contributed by atoms with Gasteiger partial charge in [-0.3, -0.25) is 0 Å². The van der Waals surface area contributed by atoms with Crippen molar-refractivity contribution in [2.45, 2.75) is 12.8 Å². The average molecular weight is 216 g/mol. The number of nitrogens with zero attached hydrogens (tertiary/aromatic N) is 1. The molecule has 1 aromatic heterocycles.